The van der Waals surface area contributed by atoms with Gasteiger partial charge in [-0.05, 0) is 37.5 Å². The molecule has 0 saturated carbocycles. The first-order chi connectivity index (χ1) is 8.74. The molecule has 5 heteroatoms. The molecule has 1 N–H and O–H groups in total. The molecule has 1 aliphatic rings. The summed E-state index contributed by atoms with van der Waals surface area (Å²) in [6, 6.07) is 7.00. The van der Waals surface area contributed by atoms with Gasteiger partial charge in [-0.15, -0.1) is 0 Å². The molecule has 0 unspecified atom stereocenters. The molecule has 0 atom stereocenters. The topological polar surface area (TPSA) is 55.1 Å². The summed E-state index contributed by atoms with van der Waals surface area (Å²) in [6.07, 6.45) is 2.78. The number of benzene rings is 1. The molecule has 0 radical (unpaired) electrons. The van der Waals surface area contributed by atoms with Crippen molar-refractivity contribution < 1.29 is 9.32 Å². The molecule has 3 rings (SSSR count). The minimum absolute atomic E-state index is 0.270. The van der Waals surface area contributed by atoms with Gasteiger partial charge < -0.3 is 9.84 Å². The first-order valence-corrected chi connectivity index (χ1v) is 6.16. The Morgan fingerprint density at radius 1 is 1.39 bits per heavy atom. The van der Waals surface area contributed by atoms with Crippen molar-refractivity contribution in [2.75, 3.05) is 5.32 Å². The number of halogens is 1. The molecule has 4 nitrogen and oxygen atoms in total. The van der Waals surface area contributed by atoms with Crippen LogP contribution in [0.15, 0.2) is 28.8 Å². The Balaban J connectivity index is 1.83. The van der Waals surface area contributed by atoms with Crippen LogP contribution in [-0.2, 0) is 12.8 Å². The molecule has 0 saturated heterocycles. The van der Waals surface area contributed by atoms with Gasteiger partial charge >= 0.3 is 0 Å². The lowest BCUT2D eigenvalue weighted by Crippen LogP contribution is -2.12. The van der Waals surface area contributed by atoms with Crippen molar-refractivity contribution in [2.45, 2.75) is 19.3 Å². The van der Waals surface area contributed by atoms with E-state index in [4.69, 9.17) is 16.1 Å². The summed E-state index contributed by atoms with van der Waals surface area (Å²) < 4.78 is 5.11. The van der Waals surface area contributed by atoms with Gasteiger partial charge in [0.05, 0.1) is 5.69 Å². The number of nitrogens with zero attached hydrogens (tertiary/aromatic N) is 1. The molecule has 1 aromatic heterocycles. The maximum atomic E-state index is 12.1. The Bertz CT molecular complexity index is 607. The van der Waals surface area contributed by atoms with Gasteiger partial charge in [0.15, 0.2) is 0 Å². The fourth-order valence-electron chi connectivity index (χ4n) is 2.16. The van der Waals surface area contributed by atoms with Crippen LogP contribution >= 0.6 is 11.6 Å². The van der Waals surface area contributed by atoms with E-state index < -0.39 is 0 Å². The molecule has 92 valence electrons. The number of amides is 1. The Morgan fingerprint density at radius 2 is 2.28 bits per heavy atom. The number of carbonyl (C=O) groups excluding carboxylic acids is 1. The number of aryl methyl sites for hydroxylation is 1. The highest BCUT2D eigenvalue weighted by Gasteiger charge is 2.25. The van der Waals surface area contributed by atoms with Gasteiger partial charge in [0.1, 0.15) is 0 Å². The van der Waals surface area contributed by atoms with Gasteiger partial charge in [0.25, 0.3) is 5.91 Å². The normalized spacial score (nSPS) is 13.4. The number of hydrogen-bond donors (Lipinski definition) is 1. The third kappa shape index (κ3) is 1.99. The van der Waals surface area contributed by atoms with Crippen molar-refractivity contribution in [2.24, 2.45) is 0 Å². The lowest BCUT2D eigenvalue weighted by atomic mass is 10.2. The van der Waals surface area contributed by atoms with Crippen molar-refractivity contribution in [1.29, 1.82) is 0 Å². The first-order valence-electron chi connectivity index (χ1n) is 5.78. The highest BCUT2D eigenvalue weighted by molar-refractivity contribution is 6.30. The SMILES string of the molecule is O=C(Nc1cccc(Cl)c1)c1onc2c1CCC2. The predicted molar refractivity (Wildman–Crippen MR) is 67.9 cm³/mol. The maximum absolute atomic E-state index is 12.1. The Labute approximate surface area is 109 Å². The Hall–Kier alpha value is -1.81. The fraction of sp³-hybridized carbons (Fsp3) is 0.231. The van der Waals surface area contributed by atoms with E-state index in [1.807, 2.05) is 0 Å². The average Bonchev–Trinajstić information content (AvgIpc) is 2.89. The van der Waals surface area contributed by atoms with Gasteiger partial charge in [0.2, 0.25) is 5.76 Å². The van der Waals surface area contributed by atoms with Gasteiger partial charge in [0, 0.05) is 16.3 Å². The molecule has 1 heterocycles. The Kier molecular flexibility index (Phi) is 2.80. The standard InChI is InChI=1S/C13H11ClN2O2/c14-8-3-1-4-9(7-8)15-13(17)12-10-5-2-6-11(10)16-18-12/h1,3-4,7H,2,5-6H2,(H,15,17). The van der Waals surface area contributed by atoms with Crippen molar-refractivity contribution in [3.8, 4) is 0 Å². The molecular weight excluding hydrogens is 252 g/mol. The van der Waals surface area contributed by atoms with E-state index >= 15 is 0 Å². The summed E-state index contributed by atoms with van der Waals surface area (Å²) in [5.74, 6) is 0.0513. The zero-order valence-electron chi connectivity index (χ0n) is 9.57. The number of hydrogen-bond acceptors (Lipinski definition) is 3. The minimum Gasteiger partial charge on any atom is -0.350 e. The van der Waals surface area contributed by atoms with E-state index in [1.54, 1.807) is 24.3 Å². The summed E-state index contributed by atoms with van der Waals surface area (Å²) >= 11 is 5.86. The molecule has 1 aromatic carbocycles. The lowest BCUT2D eigenvalue weighted by molar-refractivity contribution is 0.0986. The molecule has 0 aliphatic heterocycles. The van der Waals surface area contributed by atoms with Crippen molar-refractivity contribution in [3.05, 3.63) is 46.3 Å². The highest BCUT2D eigenvalue weighted by Crippen LogP contribution is 2.25. The van der Waals surface area contributed by atoms with Crippen LogP contribution in [0.1, 0.15) is 28.2 Å². The fourth-order valence-corrected chi connectivity index (χ4v) is 2.35. The van der Waals surface area contributed by atoms with Gasteiger partial charge in [-0.3, -0.25) is 4.79 Å². The predicted octanol–water partition coefficient (Wildman–Crippen LogP) is 3.07. The van der Waals surface area contributed by atoms with Gasteiger partial charge in [-0.2, -0.15) is 0 Å². The van der Waals surface area contributed by atoms with E-state index in [-0.39, 0.29) is 5.91 Å². The van der Waals surface area contributed by atoms with E-state index in [0.29, 0.717) is 16.5 Å². The third-order valence-corrected chi connectivity index (χ3v) is 3.23. The van der Waals surface area contributed by atoms with Crippen LogP contribution in [0.5, 0.6) is 0 Å². The molecule has 18 heavy (non-hydrogen) atoms. The summed E-state index contributed by atoms with van der Waals surface area (Å²) in [5.41, 5.74) is 2.50. The van der Waals surface area contributed by atoms with Crippen LogP contribution in [-0.4, -0.2) is 11.1 Å². The van der Waals surface area contributed by atoms with E-state index in [0.717, 1.165) is 30.5 Å². The summed E-state index contributed by atoms with van der Waals surface area (Å²) in [5, 5.41) is 7.25. The van der Waals surface area contributed by atoms with Crippen molar-refractivity contribution in [1.82, 2.24) is 5.16 Å². The van der Waals surface area contributed by atoms with Crippen LogP contribution < -0.4 is 5.32 Å². The number of anilines is 1. The number of carbonyl (C=O) groups is 1. The molecule has 1 aliphatic carbocycles. The smallest absolute Gasteiger partial charge is 0.294 e. The van der Waals surface area contributed by atoms with Crippen LogP contribution in [0, 0.1) is 0 Å². The van der Waals surface area contributed by atoms with E-state index in [1.165, 1.54) is 0 Å². The lowest BCUT2D eigenvalue weighted by Gasteiger charge is -2.03. The molecule has 0 fully saturated rings. The number of fused-ring (bicyclic) bond motifs is 1. The summed E-state index contributed by atoms with van der Waals surface area (Å²) in [7, 11) is 0. The molecule has 0 spiro atoms. The van der Waals surface area contributed by atoms with Crippen molar-refractivity contribution in [3.63, 3.8) is 0 Å². The Morgan fingerprint density at radius 3 is 3.11 bits per heavy atom. The molecule has 0 bridgehead atoms. The molecule has 2 aromatic rings. The second kappa shape index (κ2) is 4.46. The van der Waals surface area contributed by atoms with Gasteiger partial charge in [-0.1, -0.05) is 22.8 Å². The number of aromatic nitrogens is 1. The molecule has 1 amide bonds. The largest absolute Gasteiger partial charge is 0.350 e. The average molecular weight is 263 g/mol. The monoisotopic (exact) mass is 262 g/mol. The highest BCUT2D eigenvalue weighted by atomic mass is 35.5. The number of nitrogens with one attached hydrogen (secondary N) is 1. The first kappa shape index (κ1) is 11.3. The minimum atomic E-state index is -0.270. The van der Waals surface area contributed by atoms with Crippen LogP contribution in [0.3, 0.4) is 0 Å². The van der Waals surface area contributed by atoms with Crippen molar-refractivity contribution >= 4 is 23.2 Å². The van der Waals surface area contributed by atoms with Crippen LogP contribution in [0.25, 0.3) is 0 Å². The number of rotatable bonds is 2. The summed E-state index contributed by atoms with van der Waals surface area (Å²) in [6.45, 7) is 0. The maximum Gasteiger partial charge on any atom is 0.294 e. The zero-order chi connectivity index (χ0) is 12.5. The van der Waals surface area contributed by atoms with E-state index in [2.05, 4.69) is 10.5 Å². The third-order valence-electron chi connectivity index (χ3n) is 3.00. The summed E-state index contributed by atoms with van der Waals surface area (Å²) in [4.78, 5) is 12.1. The van der Waals surface area contributed by atoms with Crippen LogP contribution in [0.4, 0.5) is 5.69 Å². The quantitative estimate of drug-likeness (QED) is 0.905. The molecular formula is C13H11ClN2O2. The second-order valence-corrected chi connectivity index (χ2v) is 4.69. The second-order valence-electron chi connectivity index (χ2n) is 4.25. The van der Waals surface area contributed by atoms with E-state index in [9.17, 15) is 4.79 Å². The van der Waals surface area contributed by atoms with Gasteiger partial charge in [-0.25, -0.2) is 0 Å². The van der Waals surface area contributed by atoms with Crippen LogP contribution in [0.2, 0.25) is 5.02 Å². The zero-order valence-corrected chi connectivity index (χ0v) is 10.3.